The minimum absolute atomic E-state index is 1.10. The van der Waals surface area contributed by atoms with Gasteiger partial charge in [-0.3, -0.25) is 4.90 Å². The number of likely N-dealkylation sites (N-methyl/N-ethyl adjacent to an activating group) is 1. The average molecular weight is 244 g/mol. The molecule has 0 saturated carbocycles. The van der Waals surface area contributed by atoms with Gasteiger partial charge < -0.3 is 4.90 Å². The van der Waals surface area contributed by atoms with Crippen LogP contribution in [-0.2, 0) is 0 Å². The Morgan fingerprint density at radius 1 is 1.11 bits per heavy atom. The van der Waals surface area contributed by atoms with Crippen LogP contribution in [0.4, 0.5) is 0 Å². The third-order valence-corrected chi connectivity index (χ3v) is 3.50. The Morgan fingerprint density at radius 2 is 1.89 bits per heavy atom. The first-order valence-electron chi connectivity index (χ1n) is 6.87. The number of hydrogen-bond donors (Lipinski definition) is 0. The molecule has 1 saturated heterocycles. The van der Waals surface area contributed by atoms with E-state index in [1.807, 2.05) is 0 Å². The summed E-state index contributed by atoms with van der Waals surface area (Å²) in [5.74, 6) is 0. The summed E-state index contributed by atoms with van der Waals surface area (Å²) in [7, 11) is 2.22. The molecule has 1 aliphatic heterocycles. The van der Waals surface area contributed by atoms with Crippen LogP contribution in [0.2, 0.25) is 0 Å². The molecule has 0 spiro atoms. The van der Waals surface area contributed by atoms with Crippen molar-refractivity contribution in [2.75, 3.05) is 39.8 Å². The first-order valence-corrected chi connectivity index (χ1v) is 6.87. The normalized spacial score (nSPS) is 19.8. The first-order chi connectivity index (χ1) is 8.74. The molecule has 0 aliphatic carbocycles. The zero-order valence-electron chi connectivity index (χ0n) is 11.6. The van der Waals surface area contributed by atoms with Crippen LogP contribution in [0.25, 0.3) is 6.08 Å². The summed E-state index contributed by atoms with van der Waals surface area (Å²) in [5, 5.41) is 0. The van der Waals surface area contributed by atoms with Crippen molar-refractivity contribution in [3.8, 4) is 0 Å². The molecular weight excluding hydrogens is 220 g/mol. The summed E-state index contributed by atoms with van der Waals surface area (Å²) >= 11 is 0. The lowest BCUT2D eigenvalue weighted by molar-refractivity contribution is 0.295. The number of rotatable bonds is 3. The van der Waals surface area contributed by atoms with Crippen molar-refractivity contribution in [2.45, 2.75) is 13.3 Å². The summed E-state index contributed by atoms with van der Waals surface area (Å²) in [5.41, 5.74) is 2.76. The Labute approximate surface area is 111 Å². The highest BCUT2D eigenvalue weighted by atomic mass is 15.2. The van der Waals surface area contributed by atoms with E-state index in [2.05, 4.69) is 60.2 Å². The zero-order chi connectivity index (χ0) is 12.8. The number of hydrogen-bond acceptors (Lipinski definition) is 2. The molecule has 0 atom stereocenters. The van der Waals surface area contributed by atoms with Crippen LogP contribution in [0.1, 0.15) is 18.9 Å². The minimum atomic E-state index is 1.10. The van der Waals surface area contributed by atoms with Gasteiger partial charge in [-0.25, -0.2) is 0 Å². The molecule has 1 fully saturated rings. The Bertz CT molecular complexity index is 383. The molecule has 1 aliphatic rings. The third kappa shape index (κ3) is 4.28. The van der Waals surface area contributed by atoms with E-state index in [1.54, 1.807) is 0 Å². The second-order valence-electron chi connectivity index (χ2n) is 5.33. The van der Waals surface area contributed by atoms with E-state index in [1.165, 1.54) is 43.7 Å². The van der Waals surface area contributed by atoms with Crippen molar-refractivity contribution >= 4 is 6.08 Å². The first kappa shape index (κ1) is 13.3. The van der Waals surface area contributed by atoms with Gasteiger partial charge in [0.2, 0.25) is 0 Å². The quantitative estimate of drug-likeness (QED) is 0.806. The van der Waals surface area contributed by atoms with Gasteiger partial charge in [0.25, 0.3) is 0 Å². The molecule has 2 rings (SSSR count). The fraction of sp³-hybridized carbons (Fsp3) is 0.500. The fourth-order valence-electron chi connectivity index (χ4n) is 2.49. The molecule has 0 aromatic heterocycles. The smallest absolute Gasteiger partial charge is 0.0193 e. The lowest BCUT2D eigenvalue weighted by atomic mass is 10.1. The largest absolute Gasteiger partial charge is 0.305 e. The Balaban J connectivity index is 1.90. The molecule has 0 amide bonds. The second-order valence-corrected chi connectivity index (χ2v) is 5.33. The van der Waals surface area contributed by atoms with Crippen LogP contribution in [0.5, 0.6) is 0 Å². The molecule has 18 heavy (non-hydrogen) atoms. The van der Waals surface area contributed by atoms with Gasteiger partial charge >= 0.3 is 0 Å². The van der Waals surface area contributed by atoms with Gasteiger partial charge in [0.1, 0.15) is 0 Å². The summed E-state index contributed by atoms with van der Waals surface area (Å²) in [4.78, 5) is 4.99. The Morgan fingerprint density at radius 3 is 2.67 bits per heavy atom. The Hall–Kier alpha value is -1.12. The average Bonchev–Trinajstić information content (AvgIpc) is 2.56. The number of benzene rings is 1. The monoisotopic (exact) mass is 244 g/mol. The summed E-state index contributed by atoms with van der Waals surface area (Å²) < 4.78 is 0. The molecular formula is C16H24N2. The van der Waals surface area contributed by atoms with Gasteiger partial charge in [-0.05, 0) is 39.0 Å². The molecule has 0 bridgehead atoms. The van der Waals surface area contributed by atoms with Gasteiger partial charge in [-0.1, -0.05) is 42.0 Å². The standard InChI is InChI=1S/C16H24N2/c1-15(13-16-7-4-3-5-8-16)14-18-10-6-9-17(2)11-12-18/h3-5,7-8,13H,6,9-12,14H2,1-2H3. The van der Waals surface area contributed by atoms with E-state index < -0.39 is 0 Å². The highest BCUT2D eigenvalue weighted by Crippen LogP contribution is 2.09. The fourth-order valence-corrected chi connectivity index (χ4v) is 2.49. The van der Waals surface area contributed by atoms with Gasteiger partial charge in [0.05, 0.1) is 0 Å². The SMILES string of the molecule is CC(=Cc1ccccc1)CN1CCCN(C)CC1. The minimum Gasteiger partial charge on any atom is -0.305 e. The van der Waals surface area contributed by atoms with Crippen molar-refractivity contribution < 1.29 is 0 Å². The van der Waals surface area contributed by atoms with Crippen molar-refractivity contribution in [1.29, 1.82) is 0 Å². The molecule has 0 unspecified atom stereocenters. The lowest BCUT2D eigenvalue weighted by Gasteiger charge is -2.20. The third-order valence-electron chi connectivity index (χ3n) is 3.50. The predicted octanol–water partition coefficient (Wildman–Crippen LogP) is 2.73. The maximum absolute atomic E-state index is 2.57. The molecule has 2 heteroatoms. The Kier molecular flexibility index (Phi) is 4.97. The molecule has 0 N–H and O–H groups in total. The molecule has 0 radical (unpaired) electrons. The summed E-state index contributed by atoms with van der Waals surface area (Å²) in [6.45, 7) is 8.18. The second kappa shape index (κ2) is 6.72. The van der Waals surface area contributed by atoms with Crippen LogP contribution in [-0.4, -0.2) is 49.6 Å². The molecule has 1 heterocycles. The maximum atomic E-state index is 2.57. The predicted molar refractivity (Wildman–Crippen MR) is 78.6 cm³/mol. The van der Waals surface area contributed by atoms with Crippen molar-refractivity contribution in [3.05, 3.63) is 41.5 Å². The van der Waals surface area contributed by atoms with Crippen molar-refractivity contribution in [1.82, 2.24) is 9.80 Å². The maximum Gasteiger partial charge on any atom is 0.0193 e. The van der Waals surface area contributed by atoms with Crippen LogP contribution < -0.4 is 0 Å². The molecule has 98 valence electrons. The van der Waals surface area contributed by atoms with Crippen molar-refractivity contribution in [2.24, 2.45) is 0 Å². The molecule has 2 nitrogen and oxygen atoms in total. The van der Waals surface area contributed by atoms with Gasteiger partial charge in [0.15, 0.2) is 0 Å². The van der Waals surface area contributed by atoms with E-state index >= 15 is 0 Å². The van der Waals surface area contributed by atoms with E-state index in [0.29, 0.717) is 0 Å². The number of nitrogens with zero attached hydrogens (tertiary/aromatic N) is 2. The molecule has 1 aromatic rings. The van der Waals surface area contributed by atoms with Crippen LogP contribution in [0.3, 0.4) is 0 Å². The topological polar surface area (TPSA) is 6.48 Å². The zero-order valence-corrected chi connectivity index (χ0v) is 11.6. The van der Waals surface area contributed by atoms with Gasteiger partial charge in [0, 0.05) is 19.6 Å². The molecule has 1 aromatic carbocycles. The van der Waals surface area contributed by atoms with Crippen LogP contribution >= 0.6 is 0 Å². The highest BCUT2D eigenvalue weighted by molar-refractivity contribution is 5.52. The van der Waals surface area contributed by atoms with E-state index in [4.69, 9.17) is 0 Å². The summed E-state index contributed by atoms with van der Waals surface area (Å²) in [6.07, 6.45) is 3.59. The summed E-state index contributed by atoms with van der Waals surface area (Å²) in [6, 6.07) is 10.6. The highest BCUT2D eigenvalue weighted by Gasteiger charge is 2.11. The lowest BCUT2D eigenvalue weighted by Crippen LogP contribution is -2.30. The van der Waals surface area contributed by atoms with E-state index in [9.17, 15) is 0 Å². The van der Waals surface area contributed by atoms with Crippen molar-refractivity contribution in [3.63, 3.8) is 0 Å². The van der Waals surface area contributed by atoms with Gasteiger partial charge in [-0.2, -0.15) is 0 Å². The van der Waals surface area contributed by atoms with Gasteiger partial charge in [-0.15, -0.1) is 0 Å². The van der Waals surface area contributed by atoms with Crippen LogP contribution in [0.15, 0.2) is 35.9 Å². The van der Waals surface area contributed by atoms with E-state index in [-0.39, 0.29) is 0 Å². The van der Waals surface area contributed by atoms with Crippen LogP contribution in [0, 0.1) is 0 Å². The van der Waals surface area contributed by atoms with E-state index in [0.717, 1.165) is 6.54 Å².